The van der Waals surface area contributed by atoms with E-state index in [-0.39, 0.29) is 13.2 Å². The summed E-state index contributed by atoms with van der Waals surface area (Å²) < 4.78 is 13.0. The minimum absolute atomic E-state index is 0.282. The highest BCUT2D eigenvalue weighted by atomic mass is 32.2. The maximum atomic E-state index is 10.7. The Hall–Kier alpha value is -2.47. The standard InChI is InChI=1S/C36H48O4S/c1-3-5-7-10-16-27(37)25-39-35-31-20-14-15-21-32(31)36(40-26-28(38)17-11-8-6-4-2)34-24-30(22-23-33(34)35)41-29-18-12-9-13-19-29/h9,12-15,18-22,27-28,37-38H,3-8,10-11,16-17,23-26H2,1-2H3. The first kappa shape index (κ1) is 31.5. The fourth-order valence-corrected chi connectivity index (χ4v) is 6.51. The Morgan fingerprint density at radius 3 is 1.78 bits per heavy atom. The smallest absolute Gasteiger partial charge is 0.131 e. The predicted molar refractivity (Wildman–Crippen MR) is 172 cm³/mol. The second kappa shape index (κ2) is 16.8. The average Bonchev–Trinajstić information content (AvgIpc) is 2.99. The second-order valence-electron chi connectivity index (χ2n) is 11.3. The summed E-state index contributed by atoms with van der Waals surface area (Å²) in [4.78, 5) is 2.50. The van der Waals surface area contributed by atoms with Gasteiger partial charge in [-0.2, -0.15) is 0 Å². The van der Waals surface area contributed by atoms with Gasteiger partial charge in [-0.1, -0.05) is 126 Å². The lowest BCUT2D eigenvalue weighted by atomic mass is 9.90. The van der Waals surface area contributed by atoms with Gasteiger partial charge >= 0.3 is 0 Å². The number of thioether (sulfide) groups is 1. The third kappa shape index (κ3) is 9.26. The first-order valence-electron chi connectivity index (χ1n) is 15.7. The molecule has 2 unspecified atom stereocenters. The maximum Gasteiger partial charge on any atom is 0.131 e. The Morgan fingerprint density at radius 2 is 1.22 bits per heavy atom. The third-order valence-corrected chi connectivity index (χ3v) is 8.91. The molecule has 3 aromatic carbocycles. The predicted octanol–water partition coefficient (Wildman–Crippen LogP) is 9.03. The van der Waals surface area contributed by atoms with Crippen LogP contribution in [0, 0.1) is 0 Å². The van der Waals surface area contributed by atoms with E-state index in [0.29, 0.717) is 0 Å². The normalized spacial score (nSPS) is 14.4. The number of unbranched alkanes of at least 4 members (excludes halogenated alkanes) is 6. The number of hydrogen-bond acceptors (Lipinski definition) is 5. The van der Waals surface area contributed by atoms with Crippen molar-refractivity contribution in [3.8, 4) is 11.5 Å². The summed E-state index contributed by atoms with van der Waals surface area (Å²) >= 11 is 1.79. The topological polar surface area (TPSA) is 58.9 Å². The molecule has 0 bridgehead atoms. The number of fused-ring (bicyclic) bond motifs is 2. The van der Waals surface area contributed by atoms with E-state index in [9.17, 15) is 10.2 Å². The van der Waals surface area contributed by atoms with Gasteiger partial charge in [-0.15, -0.1) is 0 Å². The first-order chi connectivity index (χ1) is 20.1. The van der Waals surface area contributed by atoms with Gasteiger partial charge in [0.05, 0.1) is 12.2 Å². The molecule has 0 aromatic heterocycles. The largest absolute Gasteiger partial charge is 0.490 e. The zero-order valence-corrected chi connectivity index (χ0v) is 25.8. The molecule has 4 rings (SSSR count). The third-order valence-electron chi connectivity index (χ3n) is 7.83. The molecule has 5 heteroatoms. The molecular formula is C36H48O4S. The maximum absolute atomic E-state index is 10.7. The summed E-state index contributed by atoms with van der Waals surface area (Å²) in [6.07, 6.45) is 13.5. The lowest BCUT2D eigenvalue weighted by molar-refractivity contribution is 0.0960. The second-order valence-corrected chi connectivity index (χ2v) is 12.5. The molecule has 2 atom stereocenters. The average molecular weight is 577 g/mol. The Morgan fingerprint density at radius 1 is 0.683 bits per heavy atom. The van der Waals surface area contributed by atoms with Crippen molar-refractivity contribution in [2.24, 2.45) is 0 Å². The molecule has 2 N–H and O–H groups in total. The Balaban J connectivity index is 1.59. The van der Waals surface area contributed by atoms with Crippen LogP contribution in [-0.4, -0.2) is 35.6 Å². The molecular weight excluding hydrogens is 528 g/mol. The first-order valence-corrected chi connectivity index (χ1v) is 16.5. The van der Waals surface area contributed by atoms with Crippen LogP contribution in [0.1, 0.15) is 89.2 Å². The van der Waals surface area contributed by atoms with Crippen LogP contribution in [-0.2, 0) is 12.8 Å². The van der Waals surface area contributed by atoms with Crippen molar-refractivity contribution in [1.29, 1.82) is 0 Å². The Labute approximate surface area is 251 Å². The molecule has 3 aromatic rings. The van der Waals surface area contributed by atoms with Gasteiger partial charge in [0.2, 0.25) is 0 Å². The molecule has 0 heterocycles. The van der Waals surface area contributed by atoms with Crippen molar-refractivity contribution < 1.29 is 19.7 Å². The molecule has 0 spiro atoms. The van der Waals surface area contributed by atoms with Gasteiger partial charge in [0.15, 0.2) is 0 Å². The minimum Gasteiger partial charge on any atom is -0.490 e. The highest BCUT2D eigenvalue weighted by molar-refractivity contribution is 8.03. The molecule has 0 fully saturated rings. The molecule has 0 amide bonds. The Bertz CT molecular complexity index is 1240. The lowest BCUT2D eigenvalue weighted by Crippen LogP contribution is -2.20. The number of aliphatic hydroxyl groups excluding tert-OH is 2. The Kier molecular flexibility index (Phi) is 12.9. The highest BCUT2D eigenvalue weighted by Gasteiger charge is 2.26. The summed E-state index contributed by atoms with van der Waals surface area (Å²) in [5.74, 6) is 1.71. The van der Waals surface area contributed by atoms with E-state index in [1.807, 2.05) is 18.2 Å². The van der Waals surface area contributed by atoms with Gasteiger partial charge < -0.3 is 19.7 Å². The zero-order chi connectivity index (χ0) is 28.9. The molecule has 0 saturated heterocycles. The van der Waals surface area contributed by atoms with Gasteiger partial charge in [-0.05, 0) is 36.3 Å². The molecule has 222 valence electrons. The van der Waals surface area contributed by atoms with Crippen LogP contribution in [0.25, 0.3) is 10.8 Å². The summed E-state index contributed by atoms with van der Waals surface area (Å²) in [5, 5.41) is 23.5. The van der Waals surface area contributed by atoms with E-state index < -0.39 is 12.2 Å². The SMILES string of the molecule is CCCCCCC(O)COc1c2c(c(OCC(O)CCCCCC)c3ccccc13)CC(Sc1ccccc1)=CC2. The monoisotopic (exact) mass is 576 g/mol. The van der Waals surface area contributed by atoms with Crippen LogP contribution < -0.4 is 9.47 Å². The summed E-state index contributed by atoms with van der Waals surface area (Å²) in [5.41, 5.74) is 2.27. The van der Waals surface area contributed by atoms with Gasteiger partial charge in [-0.25, -0.2) is 0 Å². The summed E-state index contributed by atoms with van der Waals surface area (Å²) in [7, 11) is 0. The molecule has 0 radical (unpaired) electrons. The minimum atomic E-state index is -0.489. The molecule has 4 nitrogen and oxygen atoms in total. The van der Waals surface area contributed by atoms with Crippen LogP contribution in [0.2, 0.25) is 0 Å². The zero-order valence-electron chi connectivity index (χ0n) is 24.9. The lowest BCUT2D eigenvalue weighted by Gasteiger charge is -2.26. The van der Waals surface area contributed by atoms with Crippen LogP contribution in [0.4, 0.5) is 0 Å². The fourth-order valence-electron chi connectivity index (χ4n) is 5.53. The van der Waals surface area contributed by atoms with Crippen molar-refractivity contribution >= 4 is 22.5 Å². The molecule has 0 aliphatic heterocycles. The van der Waals surface area contributed by atoms with Crippen molar-refractivity contribution in [2.45, 2.75) is 108 Å². The quantitative estimate of drug-likeness (QED) is 0.148. The number of aliphatic hydroxyl groups is 2. The molecule has 1 aliphatic carbocycles. The number of ether oxygens (including phenoxy) is 2. The molecule has 0 saturated carbocycles. The van der Waals surface area contributed by atoms with E-state index in [0.717, 1.165) is 84.8 Å². The van der Waals surface area contributed by atoms with E-state index in [4.69, 9.17) is 9.47 Å². The van der Waals surface area contributed by atoms with Crippen molar-refractivity contribution in [1.82, 2.24) is 0 Å². The van der Waals surface area contributed by atoms with Gasteiger partial charge in [0, 0.05) is 33.2 Å². The van der Waals surface area contributed by atoms with E-state index in [1.54, 1.807) is 11.8 Å². The molecule has 41 heavy (non-hydrogen) atoms. The van der Waals surface area contributed by atoms with Crippen LogP contribution in [0.15, 0.2) is 70.5 Å². The van der Waals surface area contributed by atoms with Crippen LogP contribution in [0.3, 0.4) is 0 Å². The van der Waals surface area contributed by atoms with Crippen molar-refractivity contribution in [3.05, 3.63) is 76.7 Å². The number of hydrogen-bond donors (Lipinski definition) is 2. The van der Waals surface area contributed by atoms with Crippen molar-refractivity contribution in [2.75, 3.05) is 13.2 Å². The summed E-state index contributed by atoms with van der Waals surface area (Å²) in [6, 6.07) is 18.7. The number of benzene rings is 3. The number of rotatable bonds is 18. The summed E-state index contributed by atoms with van der Waals surface area (Å²) in [6.45, 7) is 4.97. The van der Waals surface area contributed by atoms with Crippen molar-refractivity contribution in [3.63, 3.8) is 0 Å². The van der Waals surface area contributed by atoms with Gasteiger partial charge in [-0.3, -0.25) is 0 Å². The fraction of sp³-hybridized carbons (Fsp3) is 0.500. The van der Waals surface area contributed by atoms with E-state index in [2.05, 4.69) is 56.3 Å². The number of allylic oxidation sites excluding steroid dienone is 2. The van der Waals surface area contributed by atoms with Crippen LogP contribution in [0.5, 0.6) is 11.5 Å². The van der Waals surface area contributed by atoms with E-state index in [1.165, 1.54) is 35.5 Å². The highest BCUT2D eigenvalue weighted by Crippen LogP contribution is 2.46. The van der Waals surface area contributed by atoms with E-state index >= 15 is 0 Å². The van der Waals surface area contributed by atoms with Gasteiger partial charge in [0.25, 0.3) is 0 Å². The molecule has 1 aliphatic rings. The van der Waals surface area contributed by atoms with Crippen LogP contribution >= 0.6 is 11.8 Å². The van der Waals surface area contributed by atoms with Gasteiger partial charge in [0.1, 0.15) is 24.7 Å².